The van der Waals surface area contributed by atoms with Crippen molar-refractivity contribution in [3.05, 3.63) is 16.1 Å². The van der Waals surface area contributed by atoms with E-state index in [-0.39, 0.29) is 5.41 Å². The maximum absolute atomic E-state index is 4.66. The summed E-state index contributed by atoms with van der Waals surface area (Å²) in [5, 5.41) is 9.88. The Balaban J connectivity index is 2.64. The Morgan fingerprint density at radius 2 is 2.05 bits per heavy atom. The van der Waals surface area contributed by atoms with Gasteiger partial charge in [-0.3, -0.25) is 0 Å². The van der Waals surface area contributed by atoms with Gasteiger partial charge in [-0.25, -0.2) is 9.98 Å². The summed E-state index contributed by atoms with van der Waals surface area (Å²) in [6.07, 6.45) is 0. The monoisotopic (exact) mass is 296 g/mol. The maximum Gasteiger partial charge on any atom is 0.191 e. The smallest absolute Gasteiger partial charge is 0.191 e. The summed E-state index contributed by atoms with van der Waals surface area (Å²) in [4.78, 5) is 9.25. The number of guanidine groups is 1. The first-order valence-corrected chi connectivity index (χ1v) is 8.18. The number of hydrogen-bond acceptors (Lipinski definition) is 3. The quantitative estimate of drug-likeness (QED) is 0.648. The molecule has 0 saturated heterocycles. The van der Waals surface area contributed by atoms with Gasteiger partial charge in [0.05, 0.1) is 17.2 Å². The van der Waals surface area contributed by atoms with Gasteiger partial charge in [0.1, 0.15) is 0 Å². The highest BCUT2D eigenvalue weighted by molar-refractivity contribution is 7.09. The summed E-state index contributed by atoms with van der Waals surface area (Å²) in [5.41, 5.74) is 1.16. The minimum atomic E-state index is 0.118. The molecule has 2 N–H and O–H groups in total. The molecule has 0 atom stereocenters. The van der Waals surface area contributed by atoms with E-state index in [9.17, 15) is 0 Å². The molecule has 20 heavy (non-hydrogen) atoms. The summed E-state index contributed by atoms with van der Waals surface area (Å²) < 4.78 is 0. The third-order valence-electron chi connectivity index (χ3n) is 2.61. The zero-order valence-electron chi connectivity index (χ0n) is 13.6. The molecule has 0 aliphatic carbocycles. The molecule has 0 aliphatic rings. The van der Waals surface area contributed by atoms with Gasteiger partial charge in [-0.2, -0.15) is 0 Å². The lowest BCUT2D eigenvalue weighted by Crippen LogP contribution is -2.39. The van der Waals surface area contributed by atoms with Crippen molar-refractivity contribution >= 4 is 17.3 Å². The zero-order chi connectivity index (χ0) is 15.2. The Morgan fingerprint density at radius 3 is 2.55 bits per heavy atom. The molecule has 0 fully saturated rings. The third-order valence-corrected chi connectivity index (χ3v) is 3.93. The van der Waals surface area contributed by atoms with Gasteiger partial charge in [-0.1, -0.05) is 34.6 Å². The highest BCUT2D eigenvalue weighted by Gasteiger charge is 2.17. The zero-order valence-corrected chi connectivity index (χ0v) is 14.4. The van der Waals surface area contributed by atoms with Gasteiger partial charge in [-0.05, 0) is 12.8 Å². The van der Waals surface area contributed by atoms with Gasteiger partial charge < -0.3 is 10.6 Å². The number of thiazole rings is 1. The highest BCUT2D eigenvalue weighted by Crippen LogP contribution is 2.25. The molecule has 0 aromatic carbocycles. The Bertz CT molecular complexity index is 429. The summed E-state index contributed by atoms with van der Waals surface area (Å²) >= 11 is 1.72. The Hall–Kier alpha value is -1.10. The predicted molar refractivity (Wildman–Crippen MR) is 88.5 cm³/mol. The fourth-order valence-electron chi connectivity index (χ4n) is 1.53. The average Bonchev–Trinajstić information content (AvgIpc) is 2.81. The molecule has 0 amide bonds. The number of rotatable bonds is 5. The van der Waals surface area contributed by atoms with E-state index >= 15 is 0 Å². The number of aromatic nitrogens is 1. The highest BCUT2D eigenvalue weighted by atomic mass is 32.1. The van der Waals surface area contributed by atoms with Gasteiger partial charge >= 0.3 is 0 Å². The summed E-state index contributed by atoms with van der Waals surface area (Å²) in [6.45, 7) is 15.4. The molecule has 0 unspecified atom stereocenters. The van der Waals surface area contributed by atoms with Crippen molar-refractivity contribution in [3.8, 4) is 0 Å². The lowest BCUT2D eigenvalue weighted by atomic mass is 9.98. The van der Waals surface area contributed by atoms with Crippen LogP contribution in [0, 0.1) is 5.92 Å². The van der Waals surface area contributed by atoms with E-state index in [4.69, 9.17) is 0 Å². The maximum atomic E-state index is 4.66. The van der Waals surface area contributed by atoms with E-state index < -0.39 is 0 Å². The van der Waals surface area contributed by atoms with Crippen LogP contribution >= 0.6 is 11.3 Å². The second-order valence-electron chi connectivity index (χ2n) is 6.36. The molecular formula is C15H28N4S. The first-order valence-electron chi connectivity index (χ1n) is 7.30. The van der Waals surface area contributed by atoms with Gasteiger partial charge in [0.25, 0.3) is 0 Å². The SMILES string of the molecule is CCNC(=NCc1csc(C(C)(C)C)n1)NCC(C)C. The first kappa shape index (κ1) is 17.0. The minimum Gasteiger partial charge on any atom is -0.357 e. The van der Waals surface area contributed by atoms with Gasteiger partial charge in [0.15, 0.2) is 5.96 Å². The molecule has 0 aliphatic heterocycles. The van der Waals surface area contributed by atoms with Crippen LogP contribution in [0.1, 0.15) is 52.2 Å². The van der Waals surface area contributed by atoms with Crippen LogP contribution < -0.4 is 10.6 Å². The largest absolute Gasteiger partial charge is 0.357 e. The fourth-order valence-corrected chi connectivity index (χ4v) is 2.43. The van der Waals surface area contributed by atoms with E-state index in [0.717, 1.165) is 24.7 Å². The van der Waals surface area contributed by atoms with Crippen molar-refractivity contribution in [2.45, 2.75) is 53.5 Å². The molecule has 0 bridgehead atoms. The number of hydrogen-bond donors (Lipinski definition) is 2. The molecule has 5 heteroatoms. The molecule has 1 rings (SSSR count). The van der Waals surface area contributed by atoms with Crippen LogP contribution in [0.15, 0.2) is 10.4 Å². The predicted octanol–water partition coefficient (Wildman–Crippen LogP) is 3.15. The van der Waals surface area contributed by atoms with Crippen LogP contribution in [-0.4, -0.2) is 24.0 Å². The van der Waals surface area contributed by atoms with E-state index in [1.54, 1.807) is 11.3 Å². The van der Waals surface area contributed by atoms with Crippen LogP contribution in [0.3, 0.4) is 0 Å². The third kappa shape index (κ3) is 5.90. The molecule has 1 heterocycles. The second kappa shape index (κ2) is 7.62. The van der Waals surface area contributed by atoms with Crippen molar-refractivity contribution in [1.82, 2.24) is 15.6 Å². The van der Waals surface area contributed by atoms with Crippen molar-refractivity contribution in [2.24, 2.45) is 10.9 Å². The molecule has 0 spiro atoms. The molecule has 0 radical (unpaired) electrons. The van der Waals surface area contributed by atoms with Crippen molar-refractivity contribution in [2.75, 3.05) is 13.1 Å². The van der Waals surface area contributed by atoms with Gasteiger partial charge in [0, 0.05) is 23.9 Å². The molecular weight excluding hydrogens is 268 g/mol. The van der Waals surface area contributed by atoms with Crippen molar-refractivity contribution in [1.29, 1.82) is 0 Å². The van der Waals surface area contributed by atoms with E-state index in [2.05, 4.69) is 67.5 Å². The van der Waals surface area contributed by atoms with Gasteiger partial charge in [0.2, 0.25) is 0 Å². The van der Waals surface area contributed by atoms with Gasteiger partial charge in [-0.15, -0.1) is 11.3 Å². The Labute approximate surface area is 127 Å². The standard InChI is InChI=1S/C15H28N4S/c1-7-16-14(17-8-11(2)3)18-9-12-10-20-13(19-12)15(4,5)6/h10-11H,7-9H2,1-6H3,(H2,16,17,18). The van der Waals surface area contributed by atoms with Crippen LogP contribution in [0.5, 0.6) is 0 Å². The minimum absolute atomic E-state index is 0.118. The van der Waals surface area contributed by atoms with Crippen LogP contribution in [0.25, 0.3) is 0 Å². The van der Waals surface area contributed by atoms with Crippen LogP contribution in [0.4, 0.5) is 0 Å². The van der Waals surface area contributed by atoms with E-state index in [1.165, 1.54) is 5.01 Å². The molecule has 1 aromatic rings. The van der Waals surface area contributed by atoms with Crippen LogP contribution in [-0.2, 0) is 12.0 Å². The molecule has 1 aromatic heterocycles. The molecule has 0 saturated carbocycles. The number of nitrogens with one attached hydrogen (secondary N) is 2. The number of nitrogens with zero attached hydrogens (tertiary/aromatic N) is 2. The molecule has 114 valence electrons. The Kier molecular flexibility index (Phi) is 6.46. The summed E-state index contributed by atoms with van der Waals surface area (Å²) in [5.74, 6) is 1.47. The van der Waals surface area contributed by atoms with Crippen molar-refractivity contribution < 1.29 is 0 Å². The first-order chi connectivity index (χ1) is 9.32. The Morgan fingerprint density at radius 1 is 1.35 bits per heavy atom. The lowest BCUT2D eigenvalue weighted by molar-refractivity contribution is 0.583. The second-order valence-corrected chi connectivity index (χ2v) is 7.22. The normalized spacial score (nSPS) is 12.8. The topological polar surface area (TPSA) is 49.3 Å². The van der Waals surface area contributed by atoms with Crippen molar-refractivity contribution in [3.63, 3.8) is 0 Å². The number of aliphatic imine (C=N–C) groups is 1. The van der Waals surface area contributed by atoms with E-state index in [0.29, 0.717) is 12.5 Å². The summed E-state index contributed by atoms with van der Waals surface area (Å²) in [6, 6.07) is 0. The summed E-state index contributed by atoms with van der Waals surface area (Å²) in [7, 11) is 0. The average molecular weight is 296 g/mol. The van der Waals surface area contributed by atoms with E-state index in [1.807, 2.05) is 0 Å². The van der Waals surface area contributed by atoms with Crippen LogP contribution in [0.2, 0.25) is 0 Å². The fraction of sp³-hybridized carbons (Fsp3) is 0.733. The lowest BCUT2D eigenvalue weighted by Gasteiger charge is -2.13. The molecule has 4 nitrogen and oxygen atoms in total.